The summed E-state index contributed by atoms with van der Waals surface area (Å²) in [6, 6.07) is 11.2. The molecule has 8 N–H and O–H groups in total. The minimum Gasteiger partial charge on any atom is -0.397 e. The molecule has 6 unspecified atom stereocenters. The Morgan fingerprint density at radius 3 is 2.29 bits per heavy atom. The lowest BCUT2D eigenvalue weighted by Gasteiger charge is -2.36. The molecule has 6 atom stereocenters. The summed E-state index contributed by atoms with van der Waals surface area (Å²) in [5.41, 5.74) is 16.8. The van der Waals surface area contributed by atoms with E-state index in [0.717, 1.165) is 68.4 Å². The third-order valence-electron chi connectivity index (χ3n) is 8.97. The lowest BCUT2D eigenvalue weighted by molar-refractivity contribution is -0.123. The topological polar surface area (TPSA) is 138 Å². The van der Waals surface area contributed by atoms with E-state index in [2.05, 4.69) is 32.2 Å². The maximum atomic E-state index is 14.0. The van der Waals surface area contributed by atoms with E-state index in [0.29, 0.717) is 11.4 Å². The molecule has 2 aromatic carbocycles. The van der Waals surface area contributed by atoms with Crippen LogP contribution in [-0.2, 0) is 9.59 Å². The lowest BCUT2D eigenvalue weighted by Crippen LogP contribution is -2.52. The van der Waals surface area contributed by atoms with Gasteiger partial charge in [0.1, 0.15) is 5.82 Å². The van der Waals surface area contributed by atoms with Gasteiger partial charge in [0.2, 0.25) is 11.8 Å². The van der Waals surface area contributed by atoms with Crippen molar-refractivity contribution in [2.45, 2.75) is 74.8 Å². The van der Waals surface area contributed by atoms with Crippen LogP contribution >= 0.6 is 0 Å². The molecule has 42 heavy (non-hydrogen) atoms. The molecule has 2 amide bonds. The van der Waals surface area contributed by atoms with E-state index in [1.165, 1.54) is 12.1 Å². The van der Waals surface area contributed by atoms with E-state index in [-0.39, 0.29) is 53.9 Å². The standard InChI is InChI=1S/C32H40FN7O2/c33-21-7-9-22(10-8-21)40-29(19-5-11-23(34)27(17-19)38-31(41)25-3-1-15-36-25)13-14-30(40)20-6-12-24(35)28(18-20)39-32(42)26-4-2-16-37-26/h5-12,17-18,23,25-27,29-30,36-37H,1-4,13-16,34-35H2,(H,38,41)(H,39,42). The van der Waals surface area contributed by atoms with Crippen molar-refractivity contribution in [3.63, 3.8) is 0 Å². The SMILES string of the molecule is Nc1ccc(C2CCC(C3=CC(NC(=O)C4CCCN4)C(N)C=C3)N2c2ccc(F)cc2)cc1NC(=O)C1CCCN1. The summed E-state index contributed by atoms with van der Waals surface area (Å²) in [5, 5.41) is 12.7. The molecule has 3 heterocycles. The Balaban J connectivity index is 1.28. The first-order chi connectivity index (χ1) is 20.4. The van der Waals surface area contributed by atoms with Gasteiger partial charge in [0.15, 0.2) is 0 Å². The molecule has 0 bridgehead atoms. The summed E-state index contributed by atoms with van der Waals surface area (Å²) in [5.74, 6) is -0.399. The van der Waals surface area contributed by atoms with Crippen LogP contribution < -0.4 is 37.6 Å². The monoisotopic (exact) mass is 573 g/mol. The van der Waals surface area contributed by atoms with Crippen molar-refractivity contribution in [1.82, 2.24) is 16.0 Å². The van der Waals surface area contributed by atoms with Crippen molar-refractivity contribution >= 4 is 28.9 Å². The largest absolute Gasteiger partial charge is 0.397 e. The number of hydrogen-bond acceptors (Lipinski definition) is 7. The first kappa shape index (κ1) is 28.4. The average Bonchev–Trinajstić information content (AvgIpc) is 3.78. The number of halogens is 1. The molecule has 222 valence electrons. The molecule has 10 heteroatoms. The van der Waals surface area contributed by atoms with Crippen LogP contribution in [0, 0.1) is 5.82 Å². The van der Waals surface area contributed by atoms with Gasteiger partial charge in [0.25, 0.3) is 0 Å². The molecule has 0 aromatic heterocycles. The van der Waals surface area contributed by atoms with Crippen molar-refractivity contribution in [2.75, 3.05) is 29.0 Å². The molecule has 3 saturated heterocycles. The van der Waals surface area contributed by atoms with Gasteiger partial charge >= 0.3 is 0 Å². The second-order valence-corrected chi connectivity index (χ2v) is 11.8. The Kier molecular flexibility index (Phi) is 8.28. The number of carbonyl (C=O) groups excluding carboxylic acids is 2. The van der Waals surface area contributed by atoms with Crippen LogP contribution in [0.1, 0.15) is 50.1 Å². The van der Waals surface area contributed by atoms with Crippen molar-refractivity contribution in [1.29, 1.82) is 0 Å². The van der Waals surface area contributed by atoms with E-state index >= 15 is 0 Å². The molecule has 0 spiro atoms. The Bertz CT molecular complexity index is 1370. The van der Waals surface area contributed by atoms with E-state index < -0.39 is 0 Å². The van der Waals surface area contributed by atoms with Gasteiger partial charge in [-0.25, -0.2) is 4.39 Å². The molecule has 0 radical (unpaired) electrons. The predicted octanol–water partition coefficient (Wildman–Crippen LogP) is 2.87. The number of rotatable bonds is 7. The van der Waals surface area contributed by atoms with Gasteiger partial charge in [0.05, 0.1) is 41.6 Å². The summed E-state index contributed by atoms with van der Waals surface area (Å²) in [6.07, 6.45) is 11.3. The molecule has 2 aromatic rings. The Hall–Kier alpha value is -3.73. The molecule has 0 saturated carbocycles. The first-order valence-corrected chi connectivity index (χ1v) is 15.0. The normalized spacial score (nSPS) is 29.0. The molecule has 3 aliphatic heterocycles. The van der Waals surface area contributed by atoms with Crippen LogP contribution in [0.5, 0.6) is 0 Å². The number of nitrogen functional groups attached to an aromatic ring is 1. The summed E-state index contributed by atoms with van der Waals surface area (Å²) in [6.45, 7) is 1.68. The average molecular weight is 574 g/mol. The van der Waals surface area contributed by atoms with Gasteiger partial charge in [-0.3, -0.25) is 9.59 Å². The highest BCUT2D eigenvalue weighted by molar-refractivity contribution is 5.97. The molecule has 4 aliphatic rings. The molecule has 3 fully saturated rings. The van der Waals surface area contributed by atoms with Gasteiger partial charge in [-0.2, -0.15) is 0 Å². The maximum absolute atomic E-state index is 14.0. The van der Waals surface area contributed by atoms with Gasteiger partial charge in [0, 0.05) is 11.7 Å². The Labute approximate surface area is 246 Å². The van der Waals surface area contributed by atoms with Crippen molar-refractivity contribution < 1.29 is 14.0 Å². The number of nitrogens with one attached hydrogen (secondary N) is 4. The predicted molar refractivity (Wildman–Crippen MR) is 163 cm³/mol. The van der Waals surface area contributed by atoms with Crippen LogP contribution in [0.4, 0.5) is 21.5 Å². The molecular formula is C32H40FN7O2. The molecule has 9 nitrogen and oxygen atoms in total. The van der Waals surface area contributed by atoms with Crippen molar-refractivity contribution in [2.24, 2.45) is 5.73 Å². The Morgan fingerprint density at radius 2 is 1.60 bits per heavy atom. The van der Waals surface area contributed by atoms with E-state index in [1.807, 2.05) is 30.4 Å². The minimum absolute atomic E-state index is 0.0218. The van der Waals surface area contributed by atoms with E-state index in [1.54, 1.807) is 12.1 Å². The number of benzene rings is 2. The summed E-state index contributed by atoms with van der Waals surface area (Å²) >= 11 is 0. The van der Waals surface area contributed by atoms with Gasteiger partial charge in [-0.05, 0) is 99.1 Å². The van der Waals surface area contributed by atoms with Crippen molar-refractivity contribution in [3.8, 4) is 0 Å². The van der Waals surface area contributed by atoms with Crippen LogP contribution in [0.15, 0.2) is 66.3 Å². The fourth-order valence-electron chi connectivity index (χ4n) is 6.71. The van der Waals surface area contributed by atoms with Crippen LogP contribution in [0.25, 0.3) is 0 Å². The van der Waals surface area contributed by atoms with Crippen molar-refractivity contribution in [3.05, 3.63) is 77.6 Å². The number of hydrogen-bond donors (Lipinski definition) is 6. The zero-order valence-corrected chi connectivity index (χ0v) is 23.7. The van der Waals surface area contributed by atoms with E-state index in [9.17, 15) is 14.0 Å². The fourth-order valence-corrected chi connectivity index (χ4v) is 6.71. The zero-order chi connectivity index (χ0) is 29.2. The summed E-state index contributed by atoms with van der Waals surface area (Å²) in [7, 11) is 0. The zero-order valence-electron chi connectivity index (χ0n) is 23.7. The van der Waals surface area contributed by atoms with Gasteiger partial charge in [-0.15, -0.1) is 0 Å². The number of amides is 2. The first-order valence-electron chi connectivity index (χ1n) is 15.0. The molecular weight excluding hydrogens is 533 g/mol. The molecule has 1 aliphatic carbocycles. The van der Waals surface area contributed by atoms with E-state index in [4.69, 9.17) is 11.5 Å². The number of anilines is 3. The summed E-state index contributed by atoms with van der Waals surface area (Å²) in [4.78, 5) is 28.1. The maximum Gasteiger partial charge on any atom is 0.241 e. The molecule has 6 rings (SSSR count). The highest BCUT2D eigenvalue weighted by Gasteiger charge is 2.38. The quantitative estimate of drug-likeness (QED) is 0.280. The van der Waals surface area contributed by atoms with Gasteiger partial charge in [-0.1, -0.05) is 24.3 Å². The smallest absolute Gasteiger partial charge is 0.241 e. The number of nitrogens with zero attached hydrogens (tertiary/aromatic N) is 1. The minimum atomic E-state index is -0.326. The van der Waals surface area contributed by atoms with Crippen LogP contribution in [-0.4, -0.2) is 55.1 Å². The second kappa shape index (κ2) is 12.2. The Morgan fingerprint density at radius 1 is 0.905 bits per heavy atom. The fraction of sp³-hybridized carbons (Fsp3) is 0.438. The summed E-state index contributed by atoms with van der Waals surface area (Å²) < 4.78 is 14.0. The van der Waals surface area contributed by atoms with Crippen LogP contribution in [0.2, 0.25) is 0 Å². The second-order valence-electron chi connectivity index (χ2n) is 11.8. The third-order valence-corrected chi connectivity index (χ3v) is 8.97. The number of nitrogens with two attached hydrogens (primary N) is 2. The number of carbonyl (C=O) groups is 2. The highest BCUT2D eigenvalue weighted by Crippen LogP contribution is 2.44. The lowest BCUT2D eigenvalue weighted by atomic mass is 9.92. The highest BCUT2D eigenvalue weighted by atomic mass is 19.1. The van der Waals surface area contributed by atoms with Crippen LogP contribution in [0.3, 0.4) is 0 Å². The third kappa shape index (κ3) is 5.92. The van der Waals surface area contributed by atoms with Gasteiger partial charge < -0.3 is 37.6 Å².